The number of rotatable bonds is 5. The molecule has 1 saturated heterocycles. The summed E-state index contributed by atoms with van der Waals surface area (Å²) in [6.45, 7) is 5.91. The Bertz CT molecular complexity index is 1270. The highest BCUT2D eigenvalue weighted by molar-refractivity contribution is 7.90. The van der Waals surface area contributed by atoms with Crippen LogP contribution in [0.25, 0.3) is 0 Å². The second kappa shape index (κ2) is 9.41. The summed E-state index contributed by atoms with van der Waals surface area (Å²) < 4.78 is 31.3. The van der Waals surface area contributed by atoms with Gasteiger partial charge in [-0.15, -0.1) is 0 Å². The highest BCUT2D eigenvalue weighted by atomic mass is 35.5. The van der Waals surface area contributed by atoms with Gasteiger partial charge in [-0.3, -0.25) is 4.79 Å². The number of aryl methyl sites for hydroxylation is 1. The van der Waals surface area contributed by atoms with Crippen LogP contribution in [0.4, 0.5) is 5.69 Å². The zero-order valence-electron chi connectivity index (χ0n) is 18.3. The third-order valence-electron chi connectivity index (χ3n) is 5.68. The number of furan rings is 1. The number of piperazine rings is 1. The van der Waals surface area contributed by atoms with Gasteiger partial charge in [0.05, 0.1) is 10.0 Å². The van der Waals surface area contributed by atoms with Gasteiger partial charge in [-0.2, -0.15) is 0 Å². The highest BCUT2D eigenvalue weighted by Gasteiger charge is 2.30. The van der Waals surface area contributed by atoms with E-state index in [0.29, 0.717) is 19.6 Å². The molecule has 1 fully saturated rings. The number of hydrogen-bond acceptors (Lipinski definition) is 5. The lowest BCUT2D eigenvalue weighted by atomic mass is 10.1. The van der Waals surface area contributed by atoms with E-state index in [9.17, 15) is 13.2 Å². The first-order valence-corrected chi connectivity index (χ1v) is 12.9. The number of nitrogens with zero attached hydrogens (tertiary/aromatic N) is 2. The van der Waals surface area contributed by atoms with E-state index in [4.69, 9.17) is 27.6 Å². The van der Waals surface area contributed by atoms with E-state index >= 15 is 0 Å². The average molecular weight is 507 g/mol. The summed E-state index contributed by atoms with van der Waals surface area (Å²) in [6.07, 6.45) is 0. The summed E-state index contributed by atoms with van der Waals surface area (Å²) in [5.74, 6) is -0.436. The Hall–Kier alpha value is -2.48. The van der Waals surface area contributed by atoms with Gasteiger partial charge in [-0.05, 0) is 55.8 Å². The summed E-state index contributed by atoms with van der Waals surface area (Å²) in [6, 6.07) is 16.0. The second-order valence-corrected chi connectivity index (χ2v) is 10.9. The smallest absolute Gasteiger partial charge is 0.289 e. The Morgan fingerprint density at radius 3 is 2.42 bits per heavy atom. The van der Waals surface area contributed by atoms with Crippen molar-refractivity contribution >= 4 is 44.6 Å². The molecule has 33 heavy (non-hydrogen) atoms. The van der Waals surface area contributed by atoms with Crippen molar-refractivity contribution in [2.24, 2.45) is 0 Å². The Labute approximate surface area is 203 Å². The molecule has 6 nitrogen and oxygen atoms in total. The van der Waals surface area contributed by atoms with Crippen LogP contribution in [0.3, 0.4) is 0 Å². The number of carbonyl (C=O) groups is 1. The average Bonchev–Trinajstić information content (AvgIpc) is 3.20. The van der Waals surface area contributed by atoms with Crippen molar-refractivity contribution in [1.29, 1.82) is 0 Å². The monoisotopic (exact) mass is 506 g/mol. The molecular weight excluding hydrogens is 483 g/mol. The fourth-order valence-corrected chi connectivity index (χ4v) is 6.60. The Morgan fingerprint density at radius 1 is 1.06 bits per heavy atom. The molecule has 2 heterocycles. The van der Waals surface area contributed by atoms with Crippen molar-refractivity contribution < 1.29 is 17.6 Å². The third-order valence-corrected chi connectivity index (χ3v) is 8.26. The van der Waals surface area contributed by atoms with Crippen LogP contribution in [0.1, 0.15) is 28.8 Å². The molecular formula is C24H24Cl2N2O4S. The molecule has 2 aromatic carbocycles. The van der Waals surface area contributed by atoms with Gasteiger partial charge in [-0.1, -0.05) is 41.4 Å². The Kier molecular flexibility index (Phi) is 6.75. The van der Waals surface area contributed by atoms with Crippen molar-refractivity contribution in [2.75, 3.05) is 24.5 Å². The van der Waals surface area contributed by atoms with E-state index in [0.717, 1.165) is 5.69 Å². The normalized spacial score (nSPS) is 16.8. The molecule has 1 amide bonds. The first-order chi connectivity index (χ1) is 15.7. The number of benzene rings is 2. The van der Waals surface area contributed by atoms with Gasteiger partial charge in [0.2, 0.25) is 0 Å². The standard InChI is InChI=1S/C24H24Cl2N2O4S/c1-16-5-3-6-18(13-16)28-12-11-27(14-17(28)2)24(29)22-10-9-19(32-22)15-33(30,31)23-20(25)7-4-8-21(23)26/h3-10,13,17H,11-12,14-15H2,1-2H3/t17-/m0/s1. The van der Waals surface area contributed by atoms with Gasteiger partial charge in [0, 0.05) is 31.4 Å². The zero-order chi connectivity index (χ0) is 23.8. The van der Waals surface area contributed by atoms with Crippen LogP contribution in [-0.4, -0.2) is 44.9 Å². The maximum Gasteiger partial charge on any atom is 0.289 e. The Balaban J connectivity index is 1.45. The molecule has 0 spiro atoms. The van der Waals surface area contributed by atoms with Crippen molar-refractivity contribution in [3.8, 4) is 0 Å². The lowest BCUT2D eigenvalue weighted by Crippen LogP contribution is -2.53. The molecule has 9 heteroatoms. The highest BCUT2D eigenvalue weighted by Crippen LogP contribution is 2.32. The van der Waals surface area contributed by atoms with E-state index in [2.05, 4.69) is 36.9 Å². The zero-order valence-corrected chi connectivity index (χ0v) is 20.6. The molecule has 0 saturated carbocycles. The van der Waals surface area contributed by atoms with Crippen molar-refractivity contribution in [2.45, 2.75) is 30.5 Å². The van der Waals surface area contributed by atoms with Crippen LogP contribution >= 0.6 is 23.2 Å². The number of carbonyl (C=O) groups excluding carboxylic acids is 1. The fraction of sp³-hybridized carbons (Fsp3) is 0.292. The topological polar surface area (TPSA) is 70.8 Å². The molecule has 0 unspecified atom stereocenters. The lowest BCUT2D eigenvalue weighted by molar-refractivity contribution is 0.0692. The minimum atomic E-state index is -3.85. The maximum absolute atomic E-state index is 13.0. The number of amides is 1. The maximum atomic E-state index is 13.0. The van der Waals surface area contributed by atoms with Crippen LogP contribution in [-0.2, 0) is 15.6 Å². The number of anilines is 1. The first-order valence-electron chi connectivity index (χ1n) is 10.5. The van der Waals surface area contributed by atoms with E-state index in [1.165, 1.54) is 29.8 Å². The van der Waals surface area contributed by atoms with E-state index in [1.807, 2.05) is 6.07 Å². The molecule has 174 valence electrons. The summed E-state index contributed by atoms with van der Waals surface area (Å²) in [7, 11) is -3.85. The summed E-state index contributed by atoms with van der Waals surface area (Å²) in [4.78, 5) is 16.9. The van der Waals surface area contributed by atoms with Gasteiger partial charge in [0.1, 0.15) is 16.4 Å². The van der Waals surface area contributed by atoms with Gasteiger partial charge in [0.25, 0.3) is 5.91 Å². The molecule has 0 aliphatic carbocycles. The third kappa shape index (κ3) is 5.05. The van der Waals surface area contributed by atoms with Crippen LogP contribution in [0, 0.1) is 6.92 Å². The van der Waals surface area contributed by atoms with Crippen LogP contribution < -0.4 is 4.90 Å². The second-order valence-electron chi connectivity index (χ2n) is 8.21. The van der Waals surface area contributed by atoms with Crippen molar-refractivity contribution in [3.05, 3.63) is 81.7 Å². The minimum Gasteiger partial charge on any atom is -0.455 e. The summed E-state index contributed by atoms with van der Waals surface area (Å²) in [5.41, 5.74) is 2.33. The molecule has 4 rings (SSSR count). The van der Waals surface area contributed by atoms with Crippen LogP contribution in [0.15, 0.2) is 63.9 Å². The van der Waals surface area contributed by atoms with E-state index < -0.39 is 15.6 Å². The lowest BCUT2D eigenvalue weighted by Gasteiger charge is -2.41. The molecule has 0 bridgehead atoms. The minimum absolute atomic E-state index is 0.0471. The first kappa shape index (κ1) is 23.7. The summed E-state index contributed by atoms with van der Waals surface area (Å²) >= 11 is 12.1. The van der Waals surface area contributed by atoms with Crippen molar-refractivity contribution in [1.82, 2.24) is 4.90 Å². The van der Waals surface area contributed by atoms with Crippen LogP contribution in [0.5, 0.6) is 0 Å². The van der Waals surface area contributed by atoms with Gasteiger partial charge in [-0.25, -0.2) is 8.42 Å². The predicted molar refractivity (Wildman–Crippen MR) is 130 cm³/mol. The van der Waals surface area contributed by atoms with E-state index in [1.54, 1.807) is 11.0 Å². The molecule has 1 aliphatic rings. The molecule has 1 aliphatic heterocycles. The van der Waals surface area contributed by atoms with Crippen molar-refractivity contribution in [3.63, 3.8) is 0 Å². The molecule has 3 aromatic rings. The quantitative estimate of drug-likeness (QED) is 0.474. The number of halogens is 2. The number of hydrogen-bond donors (Lipinski definition) is 0. The van der Waals surface area contributed by atoms with Gasteiger partial charge in [0.15, 0.2) is 15.6 Å². The molecule has 1 aromatic heterocycles. The molecule has 1 atom stereocenters. The molecule has 0 N–H and O–H groups in total. The largest absolute Gasteiger partial charge is 0.455 e. The van der Waals surface area contributed by atoms with Gasteiger partial charge >= 0.3 is 0 Å². The Morgan fingerprint density at radius 2 is 1.76 bits per heavy atom. The SMILES string of the molecule is Cc1cccc(N2CCN(C(=O)c3ccc(CS(=O)(=O)c4c(Cl)cccc4Cl)o3)C[C@@H]2C)c1. The molecule has 0 radical (unpaired) electrons. The predicted octanol–water partition coefficient (Wildman–Crippen LogP) is 5.22. The number of sulfone groups is 1. The van der Waals surface area contributed by atoms with E-state index in [-0.39, 0.29) is 38.4 Å². The summed E-state index contributed by atoms with van der Waals surface area (Å²) in [5, 5.41) is 0.0941. The van der Waals surface area contributed by atoms with Gasteiger partial charge < -0.3 is 14.2 Å². The van der Waals surface area contributed by atoms with Crippen LogP contribution in [0.2, 0.25) is 10.0 Å². The fourth-order valence-electron chi connectivity index (χ4n) is 4.10.